The molecule has 1 heterocycles. The van der Waals surface area contributed by atoms with E-state index in [-0.39, 0.29) is 11.8 Å². The highest BCUT2D eigenvalue weighted by atomic mass is 16.5. The topological polar surface area (TPSA) is 41.6 Å². The molecule has 0 unspecified atom stereocenters. The third-order valence-corrected chi connectivity index (χ3v) is 5.69. The average molecular weight is 344 g/mol. The lowest BCUT2D eigenvalue weighted by molar-refractivity contribution is -0.129. The van der Waals surface area contributed by atoms with Crippen molar-refractivity contribution in [3.63, 3.8) is 0 Å². The standard InChI is InChI=1S/C21H32N2O2/c1-15-9-18(11-23-12-19(13-23)21(24)22-3)10-16(2)20(15)25-14-17-7-5-4-6-8-17/h9-10,17,19H,4-8,11-14H2,1-3H3,(H,22,24). The summed E-state index contributed by atoms with van der Waals surface area (Å²) in [4.78, 5) is 13.9. The molecule has 4 nitrogen and oxygen atoms in total. The number of benzene rings is 1. The van der Waals surface area contributed by atoms with Gasteiger partial charge in [-0.3, -0.25) is 9.69 Å². The molecule has 1 amide bonds. The Morgan fingerprint density at radius 2 is 1.80 bits per heavy atom. The van der Waals surface area contributed by atoms with Crippen LogP contribution in [0.25, 0.3) is 0 Å². The van der Waals surface area contributed by atoms with Gasteiger partial charge in [-0.25, -0.2) is 0 Å². The molecule has 1 aromatic rings. The molecule has 2 aliphatic rings. The number of likely N-dealkylation sites (tertiary alicyclic amines) is 1. The van der Waals surface area contributed by atoms with Gasteiger partial charge >= 0.3 is 0 Å². The van der Waals surface area contributed by atoms with E-state index in [1.807, 2.05) is 0 Å². The summed E-state index contributed by atoms with van der Waals surface area (Å²) in [6.45, 7) is 7.79. The van der Waals surface area contributed by atoms with Crippen LogP contribution in [0.1, 0.15) is 48.8 Å². The Kier molecular flexibility index (Phi) is 6.00. The molecule has 1 saturated carbocycles. The first-order chi connectivity index (χ1) is 12.1. The van der Waals surface area contributed by atoms with Gasteiger partial charge in [0.05, 0.1) is 12.5 Å². The maximum Gasteiger partial charge on any atom is 0.225 e. The molecule has 4 heteroatoms. The minimum absolute atomic E-state index is 0.158. The van der Waals surface area contributed by atoms with Gasteiger partial charge in [0.1, 0.15) is 5.75 Å². The quantitative estimate of drug-likeness (QED) is 0.859. The third kappa shape index (κ3) is 4.55. The zero-order chi connectivity index (χ0) is 17.8. The SMILES string of the molecule is CNC(=O)C1CN(Cc2cc(C)c(OCC3CCCCC3)c(C)c2)C1. The van der Waals surface area contributed by atoms with Gasteiger partial charge in [-0.15, -0.1) is 0 Å². The first-order valence-corrected chi connectivity index (χ1v) is 9.73. The molecule has 138 valence electrons. The van der Waals surface area contributed by atoms with E-state index in [1.165, 1.54) is 48.8 Å². The van der Waals surface area contributed by atoms with Crippen LogP contribution in [0.3, 0.4) is 0 Å². The molecule has 1 N–H and O–H groups in total. The smallest absolute Gasteiger partial charge is 0.225 e. The summed E-state index contributed by atoms with van der Waals surface area (Å²) in [5.41, 5.74) is 3.78. The molecule has 1 aliphatic carbocycles. The largest absolute Gasteiger partial charge is 0.493 e. The number of carbonyl (C=O) groups is 1. The van der Waals surface area contributed by atoms with Crippen LogP contribution in [0.4, 0.5) is 0 Å². The molecule has 1 saturated heterocycles. The highest BCUT2D eigenvalue weighted by molar-refractivity contribution is 5.79. The maximum atomic E-state index is 11.6. The number of carbonyl (C=O) groups excluding carboxylic acids is 1. The summed E-state index contributed by atoms with van der Waals surface area (Å²) in [5, 5.41) is 2.74. The zero-order valence-electron chi connectivity index (χ0n) is 15.9. The normalized spacial score (nSPS) is 19.5. The van der Waals surface area contributed by atoms with Gasteiger partial charge in [0.25, 0.3) is 0 Å². The van der Waals surface area contributed by atoms with E-state index in [0.29, 0.717) is 0 Å². The predicted octanol–water partition coefficient (Wildman–Crippen LogP) is 3.44. The monoisotopic (exact) mass is 344 g/mol. The van der Waals surface area contributed by atoms with Crippen molar-refractivity contribution in [3.8, 4) is 5.75 Å². The van der Waals surface area contributed by atoms with Crippen molar-refractivity contribution in [3.05, 3.63) is 28.8 Å². The van der Waals surface area contributed by atoms with Crippen LogP contribution in [-0.2, 0) is 11.3 Å². The molecule has 3 rings (SSSR count). The molecule has 0 radical (unpaired) electrons. The molecule has 0 bridgehead atoms. The van der Waals surface area contributed by atoms with E-state index in [9.17, 15) is 4.79 Å². The van der Waals surface area contributed by atoms with E-state index >= 15 is 0 Å². The lowest BCUT2D eigenvalue weighted by atomic mass is 9.90. The zero-order valence-corrected chi connectivity index (χ0v) is 15.9. The molecular weight excluding hydrogens is 312 g/mol. The van der Waals surface area contributed by atoms with Crippen molar-refractivity contribution in [1.29, 1.82) is 0 Å². The summed E-state index contributed by atoms with van der Waals surface area (Å²) in [6.07, 6.45) is 6.74. The van der Waals surface area contributed by atoms with Crippen molar-refractivity contribution < 1.29 is 9.53 Å². The van der Waals surface area contributed by atoms with Crippen molar-refractivity contribution >= 4 is 5.91 Å². The van der Waals surface area contributed by atoms with E-state index in [1.54, 1.807) is 7.05 Å². The number of ether oxygens (including phenoxy) is 1. The molecule has 1 aromatic carbocycles. The van der Waals surface area contributed by atoms with Gasteiger partial charge in [0, 0.05) is 26.7 Å². The number of hydrogen-bond acceptors (Lipinski definition) is 3. The number of aryl methyl sites for hydroxylation is 2. The summed E-state index contributed by atoms with van der Waals surface area (Å²) in [5.74, 6) is 2.12. The van der Waals surface area contributed by atoms with E-state index < -0.39 is 0 Å². The molecule has 25 heavy (non-hydrogen) atoms. The minimum Gasteiger partial charge on any atom is -0.493 e. The second-order valence-electron chi connectivity index (χ2n) is 7.88. The molecule has 0 aromatic heterocycles. The predicted molar refractivity (Wildman–Crippen MR) is 101 cm³/mol. The van der Waals surface area contributed by atoms with Crippen LogP contribution in [0.15, 0.2) is 12.1 Å². The van der Waals surface area contributed by atoms with Crippen LogP contribution >= 0.6 is 0 Å². The fourth-order valence-corrected chi connectivity index (χ4v) is 4.24. The van der Waals surface area contributed by atoms with Gasteiger partial charge in [0.2, 0.25) is 5.91 Å². The molecule has 1 aliphatic heterocycles. The van der Waals surface area contributed by atoms with Crippen molar-refractivity contribution in [2.24, 2.45) is 11.8 Å². The average Bonchev–Trinajstić information content (AvgIpc) is 2.57. The second-order valence-corrected chi connectivity index (χ2v) is 7.88. The first-order valence-electron chi connectivity index (χ1n) is 9.73. The van der Waals surface area contributed by atoms with E-state index in [2.05, 4.69) is 36.2 Å². The van der Waals surface area contributed by atoms with Crippen LogP contribution in [0.2, 0.25) is 0 Å². The van der Waals surface area contributed by atoms with Crippen LogP contribution in [0.5, 0.6) is 5.75 Å². The Morgan fingerprint density at radius 3 is 2.40 bits per heavy atom. The Hall–Kier alpha value is -1.55. The lowest BCUT2D eigenvalue weighted by Gasteiger charge is -2.38. The third-order valence-electron chi connectivity index (χ3n) is 5.69. The Bertz CT molecular complexity index is 579. The number of hydrogen-bond donors (Lipinski definition) is 1. The molecule has 0 spiro atoms. The summed E-state index contributed by atoms with van der Waals surface area (Å²) in [7, 11) is 1.71. The Balaban J connectivity index is 1.54. The van der Waals surface area contributed by atoms with Gasteiger partial charge in [-0.2, -0.15) is 0 Å². The van der Waals surface area contributed by atoms with Crippen LogP contribution < -0.4 is 10.1 Å². The van der Waals surface area contributed by atoms with Crippen molar-refractivity contribution in [2.45, 2.75) is 52.5 Å². The van der Waals surface area contributed by atoms with Gasteiger partial charge in [0.15, 0.2) is 0 Å². The molecular formula is C21H32N2O2. The summed E-state index contributed by atoms with van der Waals surface area (Å²) >= 11 is 0. The fourth-order valence-electron chi connectivity index (χ4n) is 4.24. The highest BCUT2D eigenvalue weighted by Crippen LogP contribution is 2.29. The van der Waals surface area contributed by atoms with Crippen LogP contribution in [-0.4, -0.2) is 37.6 Å². The molecule has 0 atom stereocenters. The van der Waals surface area contributed by atoms with E-state index in [0.717, 1.165) is 37.9 Å². The maximum absolute atomic E-state index is 11.6. The van der Waals surface area contributed by atoms with Crippen molar-refractivity contribution in [1.82, 2.24) is 10.2 Å². The summed E-state index contributed by atoms with van der Waals surface area (Å²) < 4.78 is 6.20. The van der Waals surface area contributed by atoms with Gasteiger partial charge in [-0.05, 0) is 49.3 Å². The summed E-state index contributed by atoms with van der Waals surface area (Å²) in [6, 6.07) is 4.49. The molecule has 2 fully saturated rings. The number of nitrogens with zero attached hydrogens (tertiary/aromatic N) is 1. The number of amides is 1. The first kappa shape index (κ1) is 18.2. The fraction of sp³-hybridized carbons (Fsp3) is 0.667. The van der Waals surface area contributed by atoms with Gasteiger partial charge < -0.3 is 10.1 Å². The lowest BCUT2D eigenvalue weighted by Crippen LogP contribution is -2.52. The Morgan fingerprint density at radius 1 is 1.16 bits per heavy atom. The minimum atomic E-state index is 0.158. The second kappa shape index (κ2) is 8.22. The Labute approximate surface area is 151 Å². The number of nitrogens with one attached hydrogen (secondary N) is 1. The number of rotatable bonds is 6. The van der Waals surface area contributed by atoms with Crippen LogP contribution in [0, 0.1) is 25.7 Å². The highest BCUT2D eigenvalue weighted by Gasteiger charge is 2.31. The van der Waals surface area contributed by atoms with E-state index in [4.69, 9.17) is 4.74 Å². The van der Waals surface area contributed by atoms with Crippen molar-refractivity contribution in [2.75, 3.05) is 26.7 Å². The van der Waals surface area contributed by atoms with Gasteiger partial charge in [-0.1, -0.05) is 31.4 Å².